The number of alkyl halides is 2. The van der Waals surface area contributed by atoms with Gasteiger partial charge in [0.15, 0.2) is 11.3 Å². The van der Waals surface area contributed by atoms with Crippen LogP contribution in [0.15, 0.2) is 47.7 Å². The van der Waals surface area contributed by atoms with Crippen molar-refractivity contribution < 1.29 is 32.6 Å². The molecule has 1 unspecified atom stereocenters. The van der Waals surface area contributed by atoms with Crippen molar-refractivity contribution in [3.05, 3.63) is 70.2 Å². The van der Waals surface area contributed by atoms with Crippen LogP contribution in [0.3, 0.4) is 0 Å². The van der Waals surface area contributed by atoms with Crippen LogP contribution >= 0.6 is 0 Å². The lowest BCUT2D eigenvalue weighted by Crippen LogP contribution is -2.54. The number of imidazole rings is 1. The van der Waals surface area contributed by atoms with E-state index in [2.05, 4.69) is 36.7 Å². The van der Waals surface area contributed by atoms with E-state index in [1.807, 2.05) is 18.2 Å². The summed E-state index contributed by atoms with van der Waals surface area (Å²) in [6, 6.07) is 7.28. The van der Waals surface area contributed by atoms with Crippen LogP contribution in [0.1, 0.15) is 104 Å². The van der Waals surface area contributed by atoms with E-state index in [1.54, 1.807) is 33.3 Å². The molecule has 1 aromatic carbocycles. The Hall–Kier alpha value is -5.53. The maximum Gasteiger partial charge on any atom is 0.329 e. The summed E-state index contributed by atoms with van der Waals surface area (Å²) in [6.07, 6.45) is 9.17. The first-order chi connectivity index (χ1) is 30.5. The van der Waals surface area contributed by atoms with E-state index in [1.165, 1.54) is 10.7 Å². The van der Waals surface area contributed by atoms with E-state index < -0.39 is 30.0 Å². The van der Waals surface area contributed by atoms with E-state index in [0.29, 0.717) is 43.0 Å². The maximum absolute atomic E-state index is 14.3. The number of carbonyl (C=O) groups excluding carboxylic acids is 3. The Morgan fingerprint density at radius 1 is 1.02 bits per heavy atom. The standard InChI is InChI=1S/C44H51F2N11O6/c1-52-39-31(3-2-4-34(39)57(44(52)61)35-9-10-37(58)50-43(35)60)26-13-25(14-26)22-62-30-18-53(19-30)17-24-5-7-27(8-6-24)56-21-33(38(51-56)40(45)46)48-42(59)32-16-47-55-12-11-36(49-41(32)55)54-20-29-15-28(54)23-63-29/h2-4,11-12,16,21,24-30,35,40H,5-10,13-15,17-20,22-23H2,1H3,(H,48,59)(H,50,58,60)/t24?,25-,26+,27?,28-,29-,35?/m1/s1. The van der Waals surface area contributed by atoms with E-state index in [0.717, 1.165) is 93.5 Å². The van der Waals surface area contributed by atoms with Gasteiger partial charge in [0.2, 0.25) is 11.8 Å². The van der Waals surface area contributed by atoms with Gasteiger partial charge in [-0.1, -0.05) is 12.1 Å². The van der Waals surface area contributed by atoms with Gasteiger partial charge in [0, 0.05) is 58.6 Å². The first-order valence-corrected chi connectivity index (χ1v) is 22.3. The number of hydrogen-bond donors (Lipinski definition) is 2. The molecule has 4 saturated heterocycles. The molecule has 6 aliphatic rings. The molecule has 17 nitrogen and oxygen atoms in total. The molecule has 11 rings (SSSR count). The van der Waals surface area contributed by atoms with Crippen molar-refractivity contribution in [2.45, 2.75) is 100 Å². The summed E-state index contributed by atoms with van der Waals surface area (Å²) in [5.41, 5.74) is 2.54. The van der Waals surface area contributed by atoms with Gasteiger partial charge in [0.25, 0.3) is 12.3 Å². The number of anilines is 2. The number of halogens is 2. The van der Waals surface area contributed by atoms with Crippen molar-refractivity contribution in [1.29, 1.82) is 0 Å². The minimum absolute atomic E-state index is 0.00305. The summed E-state index contributed by atoms with van der Waals surface area (Å²) in [7, 11) is 1.75. The molecule has 2 aliphatic carbocycles. The number of piperidine rings is 1. The van der Waals surface area contributed by atoms with Gasteiger partial charge in [-0.2, -0.15) is 10.2 Å². The van der Waals surface area contributed by atoms with E-state index >= 15 is 0 Å². The summed E-state index contributed by atoms with van der Waals surface area (Å²) in [4.78, 5) is 60.7. The number of amides is 3. The van der Waals surface area contributed by atoms with E-state index in [4.69, 9.17) is 14.5 Å². The maximum atomic E-state index is 14.3. The molecule has 3 amide bonds. The SMILES string of the molecule is Cn1c(=O)n(C2CCC(=O)NC2=O)c2cccc([C@H]3C[C@@H](COC4CN(CC5CCC(n6cc(NC(=O)c7cnn8ccc(N9C[C@H]%10C[C@@H]9CO%10)nc78)c(C(F)F)n6)CC5)C4)C3)c21. The summed E-state index contributed by atoms with van der Waals surface area (Å²) < 4.78 is 46.9. The summed E-state index contributed by atoms with van der Waals surface area (Å²) in [5.74, 6) is 0.665. The number of rotatable bonds is 12. The van der Waals surface area contributed by atoms with Gasteiger partial charge in [-0.05, 0) is 86.8 Å². The van der Waals surface area contributed by atoms with Gasteiger partial charge in [-0.15, -0.1) is 0 Å². The molecule has 63 heavy (non-hydrogen) atoms. The molecule has 0 radical (unpaired) electrons. The predicted molar refractivity (Wildman–Crippen MR) is 225 cm³/mol. The number of fused-ring (bicyclic) bond motifs is 4. The fourth-order valence-corrected chi connectivity index (χ4v) is 11.1. The molecule has 4 aliphatic heterocycles. The van der Waals surface area contributed by atoms with Crippen LogP contribution < -0.4 is 21.2 Å². The average Bonchev–Trinajstić information content (AvgIpc) is 4.09. The lowest BCUT2D eigenvalue weighted by atomic mass is 9.71. The van der Waals surface area contributed by atoms with Crippen molar-refractivity contribution in [3.63, 3.8) is 0 Å². The van der Waals surface area contributed by atoms with E-state index in [-0.39, 0.29) is 53.6 Å². The van der Waals surface area contributed by atoms with Crippen molar-refractivity contribution >= 4 is 45.9 Å². The Morgan fingerprint density at radius 2 is 1.84 bits per heavy atom. The van der Waals surface area contributed by atoms with Crippen LogP contribution in [0, 0.1) is 11.8 Å². The molecular formula is C44H51F2N11O6. The third kappa shape index (κ3) is 7.30. The number of hydrogen-bond acceptors (Lipinski definition) is 11. The second-order valence-corrected chi connectivity index (χ2v) is 18.5. The Kier molecular flexibility index (Phi) is 10.2. The van der Waals surface area contributed by atoms with Gasteiger partial charge in [-0.3, -0.25) is 38.4 Å². The number of ether oxygens (including phenoxy) is 2. The minimum atomic E-state index is -2.86. The summed E-state index contributed by atoms with van der Waals surface area (Å²) >= 11 is 0. The van der Waals surface area contributed by atoms with Crippen LogP contribution in [0.4, 0.5) is 20.3 Å². The van der Waals surface area contributed by atoms with Gasteiger partial charge in [0.1, 0.15) is 17.4 Å². The van der Waals surface area contributed by atoms with Crippen LogP contribution in [0.5, 0.6) is 0 Å². The quantitative estimate of drug-likeness (QED) is 0.171. The van der Waals surface area contributed by atoms with Crippen molar-refractivity contribution in [2.24, 2.45) is 18.9 Å². The van der Waals surface area contributed by atoms with Gasteiger partial charge in [0.05, 0.1) is 53.8 Å². The first kappa shape index (κ1) is 40.3. The molecule has 332 valence electrons. The van der Waals surface area contributed by atoms with Crippen LogP contribution in [-0.4, -0.2) is 114 Å². The second-order valence-electron chi connectivity index (χ2n) is 18.5. The van der Waals surface area contributed by atoms with Crippen LogP contribution in [-0.2, 0) is 26.1 Å². The molecule has 4 aromatic heterocycles. The summed E-state index contributed by atoms with van der Waals surface area (Å²) in [5, 5.41) is 13.6. The number of aryl methyl sites for hydroxylation is 1. The Labute approximate surface area is 360 Å². The van der Waals surface area contributed by atoms with Crippen molar-refractivity contribution in [3.8, 4) is 0 Å². The highest BCUT2D eigenvalue weighted by Gasteiger charge is 2.41. The molecule has 3 atom stereocenters. The third-order valence-corrected chi connectivity index (χ3v) is 14.5. The van der Waals surface area contributed by atoms with Crippen molar-refractivity contribution in [1.82, 2.24) is 43.7 Å². The number of carbonyl (C=O) groups is 3. The van der Waals surface area contributed by atoms with Crippen molar-refractivity contribution in [2.75, 3.05) is 49.6 Å². The fourth-order valence-electron chi connectivity index (χ4n) is 11.1. The highest BCUT2D eigenvalue weighted by Crippen LogP contribution is 2.45. The number of nitrogens with zero attached hydrogens (tertiary/aromatic N) is 9. The first-order valence-electron chi connectivity index (χ1n) is 22.3. The predicted octanol–water partition coefficient (Wildman–Crippen LogP) is 4.35. The normalized spacial score (nSPS) is 27.7. The molecule has 2 bridgehead atoms. The molecule has 0 spiro atoms. The number of likely N-dealkylation sites (tertiary alicyclic amines) is 1. The Balaban J connectivity index is 0.641. The highest BCUT2D eigenvalue weighted by molar-refractivity contribution is 6.08. The Bertz CT molecular complexity index is 2650. The molecule has 6 fully saturated rings. The monoisotopic (exact) mass is 867 g/mol. The third-order valence-electron chi connectivity index (χ3n) is 14.5. The topological polar surface area (TPSA) is 175 Å². The summed E-state index contributed by atoms with van der Waals surface area (Å²) in [6.45, 7) is 4.84. The van der Waals surface area contributed by atoms with Gasteiger partial charge < -0.3 is 19.7 Å². The lowest BCUT2D eigenvalue weighted by molar-refractivity contribution is -0.135. The van der Waals surface area contributed by atoms with Gasteiger partial charge >= 0.3 is 5.69 Å². The van der Waals surface area contributed by atoms with E-state index in [9.17, 15) is 28.0 Å². The molecule has 8 heterocycles. The van der Waals surface area contributed by atoms with Crippen LogP contribution in [0.2, 0.25) is 0 Å². The molecular weight excluding hydrogens is 817 g/mol. The number of imide groups is 1. The highest BCUT2D eigenvalue weighted by atomic mass is 19.3. The molecule has 2 N–H and O–H groups in total. The number of aromatic nitrogens is 7. The van der Waals surface area contributed by atoms with Crippen LogP contribution in [0.25, 0.3) is 16.7 Å². The second kappa shape index (κ2) is 15.9. The largest absolute Gasteiger partial charge is 0.375 e. The number of benzene rings is 1. The lowest BCUT2D eigenvalue weighted by Gasteiger charge is -2.43. The minimum Gasteiger partial charge on any atom is -0.375 e. The molecule has 19 heteroatoms. The molecule has 2 saturated carbocycles. The zero-order valence-electron chi connectivity index (χ0n) is 35.1. The average molecular weight is 868 g/mol. The zero-order chi connectivity index (χ0) is 43.1. The Morgan fingerprint density at radius 3 is 2.59 bits per heavy atom. The zero-order valence-corrected chi connectivity index (χ0v) is 35.1. The smallest absolute Gasteiger partial charge is 0.329 e. The van der Waals surface area contributed by atoms with Gasteiger partial charge in [-0.25, -0.2) is 23.1 Å². The molecule has 5 aromatic rings. The fraction of sp³-hybridized carbons (Fsp3) is 0.568. The number of morpholine rings is 1. The number of para-hydroxylation sites is 1. The number of nitrogens with one attached hydrogen (secondary N) is 2.